The highest BCUT2D eigenvalue weighted by Gasteiger charge is 2.02. The van der Waals surface area contributed by atoms with Crippen molar-refractivity contribution in [2.24, 2.45) is 0 Å². The van der Waals surface area contributed by atoms with E-state index in [-0.39, 0.29) is 0 Å². The minimum atomic E-state index is 0.834. The lowest BCUT2D eigenvalue weighted by molar-refractivity contribution is 1.15. The van der Waals surface area contributed by atoms with Crippen LogP contribution in [0.3, 0.4) is 0 Å². The van der Waals surface area contributed by atoms with Gasteiger partial charge in [-0.2, -0.15) is 0 Å². The summed E-state index contributed by atoms with van der Waals surface area (Å²) in [5, 5.41) is 1.13. The first kappa shape index (κ1) is 7.22. The molecule has 0 bridgehead atoms. The van der Waals surface area contributed by atoms with E-state index in [9.17, 15) is 0 Å². The SMILES string of the molecule is CCc1cccc2c(N)c[nH]c12. The van der Waals surface area contributed by atoms with E-state index in [1.807, 2.05) is 18.3 Å². The molecule has 2 aromatic rings. The molecule has 0 aliphatic rings. The van der Waals surface area contributed by atoms with E-state index < -0.39 is 0 Å². The zero-order chi connectivity index (χ0) is 8.55. The van der Waals surface area contributed by atoms with E-state index in [4.69, 9.17) is 5.73 Å². The van der Waals surface area contributed by atoms with Gasteiger partial charge < -0.3 is 10.7 Å². The van der Waals surface area contributed by atoms with Crippen molar-refractivity contribution in [3.05, 3.63) is 30.0 Å². The van der Waals surface area contributed by atoms with Crippen LogP contribution in [0.15, 0.2) is 24.4 Å². The second kappa shape index (κ2) is 2.55. The average Bonchev–Trinajstić information content (AvgIpc) is 2.48. The van der Waals surface area contributed by atoms with Gasteiger partial charge in [-0.05, 0) is 12.0 Å². The molecule has 0 spiro atoms. The van der Waals surface area contributed by atoms with Gasteiger partial charge in [-0.1, -0.05) is 25.1 Å². The first-order valence-electron chi connectivity index (χ1n) is 4.17. The maximum atomic E-state index is 5.77. The molecule has 2 heteroatoms. The fourth-order valence-corrected chi connectivity index (χ4v) is 1.53. The van der Waals surface area contributed by atoms with E-state index in [0.717, 1.165) is 17.5 Å². The number of nitrogens with two attached hydrogens (primary N) is 1. The summed E-state index contributed by atoms with van der Waals surface area (Å²) in [6.45, 7) is 2.14. The maximum Gasteiger partial charge on any atom is 0.0571 e. The van der Waals surface area contributed by atoms with Gasteiger partial charge in [0.15, 0.2) is 0 Å². The summed E-state index contributed by atoms with van der Waals surface area (Å²) < 4.78 is 0. The molecule has 0 radical (unpaired) electrons. The zero-order valence-corrected chi connectivity index (χ0v) is 7.09. The van der Waals surface area contributed by atoms with Crippen molar-refractivity contribution in [3.63, 3.8) is 0 Å². The number of hydrogen-bond donors (Lipinski definition) is 2. The molecule has 0 atom stereocenters. The minimum Gasteiger partial charge on any atom is -0.397 e. The summed E-state index contributed by atoms with van der Waals surface area (Å²) in [6.07, 6.45) is 2.89. The fourth-order valence-electron chi connectivity index (χ4n) is 1.53. The molecule has 12 heavy (non-hydrogen) atoms. The van der Waals surface area contributed by atoms with E-state index in [0.29, 0.717) is 0 Å². The topological polar surface area (TPSA) is 41.8 Å². The second-order valence-electron chi connectivity index (χ2n) is 2.94. The quantitative estimate of drug-likeness (QED) is 0.660. The van der Waals surface area contributed by atoms with Crippen molar-refractivity contribution >= 4 is 16.6 Å². The fraction of sp³-hybridized carbons (Fsp3) is 0.200. The molecule has 2 rings (SSSR count). The molecule has 0 saturated carbocycles. The molecule has 0 amide bonds. The van der Waals surface area contributed by atoms with E-state index in [1.54, 1.807) is 0 Å². The highest BCUT2D eigenvalue weighted by molar-refractivity contribution is 5.93. The highest BCUT2D eigenvalue weighted by atomic mass is 14.7. The van der Waals surface area contributed by atoms with E-state index in [1.165, 1.54) is 11.1 Å². The van der Waals surface area contributed by atoms with Gasteiger partial charge >= 0.3 is 0 Å². The first-order valence-corrected chi connectivity index (χ1v) is 4.17. The number of hydrogen-bond acceptors (Lipinski definition) is 1. The Balaban J connectivity index is 2.81. The lowest BCUT2D eigenvalue weighted by Crippen LogP contribution is -1.83. The summed E-state index contributed by atoms with van der Waals surface area (Å²) in [5.74, 6) is 0. The standard InChI is InChI=1S/C10H12N2/c1-2-7-4-3-5-8-9(11)6-12-10(7)8/h3-6,12H,2,11H2,1H3. The number of aryl methyl sites for hydroxylation is 1. The van der Waals surface area contributed by atoms with Gasteiger partial charge in [-0.25, -0.2) is 0 Å². The molecule has 1 heterocycles. The number of anilines is 1. The number of para-hydroxylation sites is 1. The lowest BCUT2D eigenvalue weighted by Gasteiger charge is -1.98. The summed E-state index contributed by atoms with van der Waals surface area (Å²) in [5.41, 5.74) is 9.10. The Kier molecular flexibility index (Phi) is 1.54. The minimum absolute atomic E-state index is 0.834. The number of rotatable bonds is 1. The van der Waals surface area contributed by atoms with Crippen molar-refractivity contribution in [1.29, 1.82) is 0 Å². The maximum absolute atomic E-state index is 5.77. The molecule has 1 aromatic heterocycles. The second-order valence-corrected chi connectivity index (χ2v) is 2.94. The Morgan fingerprint density at radius 2 is 2.25 bits per heavy atom. The number of fused-ring (bicyclic) bond motifs is 1. The van der Waals surface area contributed by atoms with Crippen LogP contribution >= 0.6 is 0 Å². The van der Waals surface area contributed by atoms with Crippen molar-refractivity contribution in [1.82, 2.24) is 4.98 Å². The van der Waals surface area contributed by atoms with Crippen LogP contribution in [-0.2, 0) is 6.42 Å². The molecule has 3 N–H and O–H groups in total. The molecule has 0 fully saturated rings. The third kappa shape index (κ3) is 0.881. The Morgan fingerprint density at radius 1 is 1.42 bits per heavy atom. The van der Waals surface area contributed by atoms with Gasteiger partial charge in [0.25, 0.3) is 0 Å². The number of H-pyrrole nitrogens is 1. The Morgan fingerprint density at radius 3 is 3.00 bits per heavy atom. The summed E-state index contributed by atoms with van der Waals surface area (Å²) in [6, 6.07) is 6.21. The molecule has 0 aliphatic heterocycles. The average molecular weight is 160 g/mol. The van der Waals surface area contributed by atoms with Gasteiger partial charge in [-0.15, -0.1) is 0 Å². The van der Waals surface area contributed by atoms with Crippen LogP contribution in [-0.4, -0.2) is 4.98 Å². The highest BCUT2D eigenvalue weighted by Crippen LogP contribution is 2.23. The molecule has 2 nitrogen and oxygen atoms in total. The zero-order valence-electron chi connectivity index (χ0n) is 7.09. The van der Waals surface area contributed by atoms with Gasteiger partial charge in [0.05, 0.1) is 11.2 Å². The van der Waals surface area contributed by atoms with Crippen molar-refractivity contribution in [2.45, 2.75) is 13.3 Å². The Bertz CT molecular complexity index is 401. The molecule has 0 saturated heterocycles. The smallest absolute Gasteiger partial charge is 0.0571 e. The van der Waals surface area contributed by atoms with Gasteiger partial charge in [0.1, 0.15) is 0 Å². The Hall–Kier alpha value is -1.44. The van der Waals surface area contributed by atoms with Gasteiger partial charge in [0, 0.05) is 11.6 Å². The van der Waals surface area contributed by atoms with E-state index >= 15 is 0 Å². The number of aromatic nitrogens is 1. The van der Waals surface area contributed by atoms with Crippen LogP contribution in [0.5, 0.6) is 0 Å². The predicted octanol–water partition coefficient (Wildman–Crippen LogP) is 2.31. The van der Waals surface area contributed by atoms with Crippen molar-refractivity contribution in [2.75, 3.05) is 5.73 Å². The van der Waals surface area contributed by atoms with Crippen LogP contribution in [0.1, 0.15) is 12.5 Å². The monoisotopic (exact) mass is 160 g/mol. The Labute approximate surface area is 71.4 Å². The summed E-state index contributed by atoms with van der Waals surface area (Å²) in [7, 11) is 0. The van der Waals surface area contributed by atoms with Crippen LogP contribution in [0.4, 0.5) is 5.69 Å². The van der Waals surface area contributed by atoms with Crippen molar-refractivity contribution in [3.8, 4) is 0 Å². The largest absolute Gasteiger partial charge is 0.397 e. The number of benzene rings is 1. The molecule has 62 valence electrons. The van der Waals surface area contributed by atoms with Gasteiger partial charge in [-0.3, -0.25) is 0 Å². The summed E-state index contributed by atoms with van der Waals surface area (Å²) in [4.78, 5) is 3.18. The first-order chi connectivity index (χ1) is 5.83. The molecule has 0 unspecified atom stereocenters. The molecular weight excluding hydrogens is 148 g/mol. The number of aromatic amines is 1. The van der Waals surface area contributed by atoms with E-state index in [2.05, 4.69) is 18.0 Å². The summed E-state index contributed by atoms with van der Waals surface area (Å²) >= 11 is 0. The van der Waals surface area contributed by atoms with Gasteiger partial charge in [0.2, 0.25) is 0 Å². The lowest BCUT2D eigenvalue weighted by atomic mass is 10.1. The normalized spacial score (nSPS) is 10.8. The molecular formula is C10H12N2. The molecule has 0 aliphatic carbocycles. The van der Waals surface area contributed by atoms with Crippen LogP contribution in [0.2, 0.25) is 0 Å². The number of nitrogen functional groups attached to an aromatic ring is 1. The third-order valence-electron chi connectivity index (χ3n) is 2.21. The molecule has 1 aromatic carbocycles. The van der Waals surface area contributed by atoms with Crippen LogP contribution in [0, 0.1) is 0 Å². The van der Waals surface area contributed by atoms with Crippen LogP contribution in [0.25, 0.3) is 10.9 Å². The number of nitrogens with one attached hydrogen (secondary N) is 1. The van der Waals surface area contributed by atoms with Crippen LogP contribution < -0.4 is 5.73 Å². The third-order valence-corrected chi connectivity index (χ3v) is 2.21. The predicted molar refractivity (Wildman–Crippen MR) is 52.1 cm³/mol. The van der Waals surface area contributed by atoms with Crippen molar-refractivity contribution < 1.29 is 0 Å².